The number of benzene rings is 1. The predicted molar refractivity (Wildman–Crippen MR) is 92.0 cm³/mol. The van der Waals surface area contributed by atoms with Crippen LogP contribution in [0, 0.1) is 12.7 Å². The monoisotopic (exact) mass is 343 g/mol. The highest BCUT2D eigenvalue weighted by Crippen LogP contribution is 2.38. The first-order chi connectivity index (χ1) is 12.1. The van der Waals surface area contributed by atoms with Crippen molar-refractivity contribution in [3.05, 3.63) is 41.7 Å². The lowest BCUT2D eigenvalue weighted by Gasteiger charge is -2.32. The SMILES string of the molecule is Cc1cccc(NC(=O)N2CCC[C@@H](c3nncn3C3CC3)C2)c1F. The summed E-state index contributed by atoms with van der Waals surface area (Å²) in [4.78, 5) is 14.3. The Hall–Kier alpha value is -2.44. The number of nitrogens with one attached hydrogen (secondary N) is 1. The summed E-state index contributed by atoms with van der Waals surface area (Å²) in [6.45, 7) is 2.95. The molecule has 2 amide bonds. The lowest BCUT2D eigenvalue weighted by atomic mass is 9.97. The maximum Gasteiger partial charge on any atom is 0.321 e. The van der Waals surface area contributed by atoms with Crippen LogP contribution >= 0.6 is 0 Å². The Balaban J connectivity index is 1.46. The number of piperidine rings is 1. The molecule has 0 spiro atoms. The molecule has 1 atom stereocenters. The van der Waals surface area contributed by atoms with Gasteiger partial charge in [0.2, 0.25) is 0 Å². The molecule has 6 nitrogen and oxygen atoms in total. The van der Waals surface area contributed by atoms with Gasteiger partial charge in [-0.05, 0) is 44.2 Å². The van der Waals surface area contributed by atoms with Gasteiger partial charge >= 0.3 is 6.03 Å². The predicted octanol–water partition coefficient (Wildman–Crippen LogP) is 3.47. The summed E-state index contributed by atoms with van der Waals surface area (Å²) >= 11 is 0. The molecule has 2 aliphatic rings. The van der Waals surface area contributed by atoms with Crippen LogP contribution in [0.4, 0.5) is 14.9 Å². The average Bonchev–Trinajstić information content (AvgIpc) is 3.35. The summed E-state index contributed by atoms with van der Waals surface area (Å²) in [6.07, 6.45) is 6.05. The van der Waals surface area contributed by atoms with E-state index in [1.165, 1.54) is 12.8 Å². The van der Waals surface area contributed by atoms with Crippen molar-refractivity contribution in [1.82, 2.24) is 19.7 Å². The van der Waals surface area contributed by atoms with E-state index in [0.717, 1.165) is 18.7 Å². The summed E-state index contributed by atoms with van der Waals surface area (Å²) in [5, 5.41) is 11.1. The first-order valence-corrected chi connectivity index (χ1v) is 8.84. The Morgan fingerprint density at radius 2 is 2.16 bits per heavy atom. The second-order valence-electron chi connectivity index (χ2n) is 6.98. The number of hydrogen-bond donors (Lipinski definition) is 1. The number of rotatable bonds is 3. The number of halogens is 1. The molecule has 1 saturated heterocycles. The Morgan fingerprint density at radius 3 is 2.96 bits per heavy atom. The number of aromatic nitrogens is 3. The molecular formula is C18H22FN5O. The van der Waals surface area contributed by atoms with Crippen LogP contribution in [0.5, 0.6) is 0 Å². The highest BCUT2D eigenvalue weighted by Gasteiger charge is 2.32. The standard InChI is InChI=1S/C18H22FN5O/c1-12-4-2-6-15(16(12)19)21-18(25)23-9-3-5-13(10-23)17-22-20-11-24(17)14-7-8-14/h2,4,6,11,13-14H,3,5,7-10H2,1H3,(H,21,25)/t13-/m1/s1. The van der Waals surface area contributed by atoms with Gasteiger partial charge in [0.05, 0.1) is 5.69 Å². The van der Waals surface area contributed by atoms with Gasteiger partial charge < -0.3 is 14.8 Å². The number of carbonyl (C=O) groups excluding carboxylic acids is 1. The maximum atomic E-state index is 14.1. The fourth-order valence-corrected chi connectivity index (χ4v) is 3.49. The second-order valence-corrected chi connectivity index (χ2v) is 6.98. The largest absolute Gasteiger partial charge is 0.324 e. The summed E-state index contributed by atoms with van der Waals surface area (Å²) in [5.41, 5.74) is 0.750. The molecule has 0 radical (unpaired) electrons. The van der Waals surface area contributed by atoms with Crippen LogP contribution in [0.2, 0.25) is 0 Å². The number of aryl methyl sites for hydroxylation is 1. The number of nitrogens with zero attached hydrogens (tertiary/aromatic N) is 4. The summed E-state index contributed by atoms with van der Waals surface area (Å²) in [6, 6.07) is 5.28. The molecule has 0 bridgehead atoms. The summed E-state index contributed by atoms with van der Waals surface area (Å²) < 4.78 is 16.3. The summed E-state index contributed by atoms with van der Waals surface area (Å²) in [7, 11) is 0. The van der Waals surface area contributed by atoms with Crippen molar-refractivity contribution < 1.29 is 9.18 Å². The molecule has 1 N–H and O–H groups in total. The fraction of sp³-hybridized carbons (Fsp3) is 0.500. The van der Waals surface area contributed by atoms with E-state index in [2.05, 4.69) is 20.1 Å². The molecule has 1 saturated carbocycles. The van der Waals surface area contributed by atoms with Gasteiger partial charge in [-0.15, -0.1) is 10.2 Å². The zero-order chi connectivity index (χ0) is 17.4. The average molecular weight is 343 g/mol. The number of urea groups is 1. The minimum atomic E-state index is -0.377. The number of amides is 2. The molecule has 1 aromatic heterocycles. The van der Waals surface area contributed by atoms with Gasteiger partial charge in [-0.2, -0.15) is 0 Å². The number of hydrogen-bond acceptors (Lipinski definition) is 3. The molecule has 2 aromatic rings. The first kappa shape index (κ1) is 16.1. The third kappa shape index (κ3) is 3.23. The van der Waals surface area contributed by atoms with Crippen molar-refractivity contribution in [2.75, 3.05) is 18.4 Å². The van der Waals surface area contributed by atoms with E-state index >= 15 is 0 Å². The molecule has 1 aliphatic heterocycles. The molecule has 0 unspecified atom stereocenters. The van der Waals surface area contributed by atoms with Crippen LogP contribution in [0.15, 0.2) is 24.5 Å². The van der Waals surface area contributed by atoms with Gasteiger partial charge in [0.25, 0.3) is 0 Å². The Kier molecular flexibility index (Phi) is 4.15. The molecule has 1 aliphatic carbocycles. The third-order valence-corrected chi connectivity index (χ3v) is 5.05. The zero-order valence-electron chi connectivity index (χ0n) is 14.3. The topological polar surface area (TPSA) is 63.1 Å². The second kappa shape index (κ2) is 6.46. The Morgan fingerprint density at radius 1 is 1.32 bits per heavy atom. The number of anilines is 1. The van der Waals surface area contributed by atoms with E-state index in [-0.39, 0.29) is 23.5 Å². The van der Waals surface area contributed by atoms with Gasteiger partial charge in [-0.1, -0.05) is 12.1 Å². The molecular weight excluding hydrogens is 321 g/mol. The molecule has 1 aromatic carbocycles. The Bertz CT molecular complexity index is 786. The van der Waals surface area contributed by atoms with Crippen molar-refractivity contribution in [2.24, 2.45) is 0 Å². The van der Waals surface area contributed by atoms with Crippen LogP contribution in [-0.2, 0) is 0 Å². The lowest BCUT2D eigenvalue weighted by Crippen LogP contribution is -2.42. The van der Waals surface area contributed by atoms with Gasteiger partial charge in [0.1, 0.15) is 18.0 Å². The normalized spacial score (nSPS) is 20.6. The van der Waals surface area contributed by atoms with E-state index < -0.39 is 0 Å². The van der Waals surface area contributed by atoms with Gasteiger partial charge in [0.15, 0.2) is 0 Å². The van der Waals surface area contributed by atoms with Crippen LogP contribution in [-0.4, -0.2) is 38.8 Å². The van der Waals surface area contributed by atoms with Gasteiger partial charge in [-0.3, -0.25) is 0 Å². The van der Waals surface area contributed by atoms with Crippen LogP contribution < -0.4 is 5.32 Å². The summed E-state index contributed by atoms with van der Waals surface area (Å²) in [5.74, 6) is 0.782. The van der Waals surface area contributed by atoms with E-state index in [4.69, 9.17) is 0 Å². The quantitative estimate of drug-likeness (QED) is 0.928. The smallest absolute Gasteiger partial charge is 0.321 e. The molecule has 132 valence electrons. The van der Waals surface area contributed by atoms with Crippen molar-refractivity contribution >= 4 is 11.7 Å². The van der Waals surface area contributed by atoms with E-state index in [0.29, 0.717) is 24.7 Å². The van der Waals surface area contributed by atoms with Crippen molar-refractivity contribution in [3.8, 4) is 0 Å². The molecule has 4 rings (SSSR count). The molecule has 7 heteroatoms. The molecule has 2 fully saturated rings. The zero-order valence-corrected chi connectivity index (χ0v) is 14.3. The molecule has 2 heterocycles. The Labute approximate surface area is 146 Å². The van der Waals surface area contributed by atoms with Crippen LogP contribution in [0.1, 0.15) is 49.0 Å². The highest BCUT2D eigenvalue weighted by molar-refractivity contribution is 5.89. The van der Waals surface area contributed by atoms with E-state index in [1.54, 1.807) is 36.4 Å². The van der Waals surface area contributed by atoms with Crippen LogP contribution in [0.3, 0.4) is 0 Å². The van der Waals surface area contributed by atoms with Crippen molar-refractivity contribution in [1.29, 1.82) is 0 Å². The first-order valence-electron chi connectivity index (χ1n) is 8.84. The van der Waals surface area contributed by atoms with E-state index in [1.807, 2.05) is 0 Å². The lowest BCUT2D eigenvalue weighted by molar-refractivity contribution is 0.190. The van der Waals surface area contributed by atoms with Crippen LogP contribution in [0.25, 0.3) is 0 Å². The number of likely N-dealkylation sites (tertiary alicyclic amines) is 1. The number of carbonyl (C=O) groups is 1. The fourth-order valence-electron chi connectivity index (χ4n) is 3.49. The molecule has 25 heavy (non-hydrogen) atoms. The highest BCUT2D eigenvalue weighted by atomic mass is 19.1. The van der Waals surface area contributed by atoms with Crippen molar-refractivity contribution in [2.45, 2.75) is 44.6 Å². The minimum absolute atomic E-state index is 0.185. The maximum absolute atomic E-state index is 14.1. The van der Waals surface area contributed by atoms with Gasteiger partial charge in [0, 0.05) is 25.0 Å². The minimum Gasteiger partial charge on any atom is -0.324 e. The third-order valence-electron chi connectivity index (χ3n) is 5.05. The van der Waals surface area contributed by atoms with Crippen molar-refractivity contribution in [3.63, 3.8) is 0 Å². The van der Waals surface area contributed by atoms with E-state index in [9.17, 15) is 9.18 Å². The van der Waals surface area contributed by atoms with Gasteiger partial charge in [-0.25, -0.2) is 9.18 Å².